The molecule has 202 valence electrons. The Balaban J connectivity index is 2.07. The number of aryl methyl sites for hydroxylation is 1. The lowest BCUT2D eigenvalue weighted by Crippen LogP contribution is -2.52. The predicted octanol–water partition coefficient (Wildman–Crippen LogP) is 5.44. The molecule has 3 aromatic carbocycles. The number of anilines is 1. The fraction of sp³-hybridized carbons (Fsp3) is 0.286. The van der Waals surface area contributed by atoms with Gasteiger partial charge in [0, 0.05) is 17.6 Å². The van der Waals surface area contributed by atoms with Gasteiger partial charge in [-0.2, -0.15) is 0 Å². The summed E-state index contributed by atoms with van der Waals surface area (Å²) in [5, 5.41) is 3.23. The average Bonchev–Trinajstić information content (AvgIpc) is 2.86. The number of hydrogen-bond donors (Lipinski definition) is 1. The second-order valence-corrected chi connectivity index (χ2v) is 11.9. The molecule has 0 aliphatic rings. The van der Waals surface area contributed by atoms with Crippen LogP contribution in [-0.2, 0) is 26.2 Å². The molecular formula is C28H31Cl2N3O4S. The van der Waals surface area contributed by atoms with Crippen molar-refractivity contribution in [3.63, 3.8) is 0 Å². The molecule has 7 nitrogen and oxygen atoms in total. The number of rotatable bonds is 10. The molecule has 0 heterocycles. The number of hydrogen-bond acceptors (Lipinski definition) is 4. The van der Waals surface area contributed by atoms with Gasteiger partial charge in [-0.3, -0.25) is 13.9 Å². The highest BCUT2D eigenvalue weighted by Gasteiger charge is 2.33. The van der Waals surface area contributed by atoms with E-state index in [-0.39, 0.29) is 34.1 Å². The lowest BCUT2D eigenvalue weighted by atomic mass is 10.1. The molecule has 0 spiro atoms. The maximum Gasteiger partial charge on any atom is 0.264 e. The van der Waals surface area contributed by atoms with Gasteiger partial charge < -0.3 is 10.2 Å². The zero-order valence-corrected chi connectivity index (χ0v) is 24.0. The SMILES string of the molecule is Cc1ccccc1CN(C(=O)CN(c1ccc(Cl)cc1Cl)S(=O)(=O)c1ccccc1)[C@@H](C)C(=O)NC(C)C. The molecule has 1 atom stereocenters. The van der Waals surface area contributed by atoms with E-state index in [0.29, 0.717) is 5.02 Å². The van der Waals surface area contributed by atoms with Crippen molar-refractivity contribution in [2.24, 2.45) is 0 Å². The minimum atomic E-state index is -4.21. The van der Waals surface area contributed by atoms with Crippen LogP contribution in [0.1, 0.15) is 31.9 Å². The van der Waals surface area contributed by atoms with E-state index >= 15 is 0 Å². The summed E-state index contributed by atoms with van der Waals surface area (Å²) in [6.45, 7) is 6.73. The van der Waals surface area contributed by atoms with Crippen LogP contribution in [0.4, 0.5) is 5.69 Å². The van der Waals surface area contributed by atoms with Crippen LogP contribution in [0.15, 0.2) is 77.7 Å². The van der Waals surface area contributed by atoms with Gasteiger partial charge >= 0.3 is 0 Å². The van der Waals surface area contributed by atoms with E-state index in [1.54, 1.807) is 25.1 Å². The van der Waals surface area contributed by atoms with Gasteiger partial charge in [0.25, 0.3) is 10.0 Å². The van der Waals surface area contributed by atoms with Gasteiger partial charge in [0.1, 0.15) is 12.6 Å². The summed E-state index contributed by atoms with van der Waals surface area (Å²) in [5.74, 6) is -0.908. The van der Waals surface area contributed by atoms with Crippen LogP contribution in [0.3, 0.4) is 0 Å². The quantitative estimate of drug-likeness (QED) is 0.348. The predicted molar refractivity (Wildman–Crippen MR) is 152 cm³/mol. The monoisotopic (exact) mass is 575 g/mol. The van der Waals surface area contributed by atoms with Gasteiger partial charge in [0.2, 0.25) is 11.8 Å². The molecule has 0 radical (unpaired) electrons. The fourth-order valence-electron chi connectivity index (χ4n) is 3.88. The zero-order chi connectivity index (χ0) is 28.0. The highest BCUT2D eigenvalue weighted by Crippen LogP contribution is 2.33. The molecule has 0 aromatic heterocycles. The molecule has 0 aliphatic heterocycles. The standard InChI is InChI=1S/C28H31Cl2N3O4S/c1-19(2)31-28(35)21(4)32(17-22-11-9-8-10-20(22)3)27(34)18-33(26-15-14-23(29)16-25(26)30)38(36,37)24-12-6-5-7-13-24/h5-16,19,21H,17-18H2,1-4H3,(H,31,35)/t21-/m0/s1. The third kappa shape index (κ3) is 7.07. The lowest BCUT2D eigenvalue weighted by molar-refractivity contribution is -0.139. The van der Waals surface area contributed by atoms with Gasteiger partial charge in [-0.1, -0.05) is 65.7 Å². The first-order valence-corrected chi connectivity index (χ1v) is 14.3. The van der Waals surface area contributed by atoms with Crippen molar-refractivity contribution in [2.75, 3.05) is 10.8 Å². The van der Waals surface area contributed by atoms with E-state index in [9.17, 15) is 18.0 Å². The number of carbonyl (C=O) groups excluding carboxylic acids is 2. The highest BCUT2D eigenvalue weighted by molar-refractivity contribution is 7.92. The molecule has 0 aliphatic carbocycles. The molecule has 0 saturated carbocycles. The topological polar surface area (TPSA) is 86.8 Å². The van der Waals surface area contributed by atoms with E-state index in [2.05, 4.69) is 5.32 Å². The third-order valence-electron chi connectivity index (χ3n) is 5.99. The highest BCUT2D eigenvalue weighted by atomic mass is 35.5. The molecule has 0 bridgehead atoms. The lowest BCUT2D eigenvalue weighted by Gasteiger charge is -2.32. The summed E-state index contributed by atoms with van der Waals surface area (Å²) in [5.41, 5.74) is 1.88. The number of sulfonamides is 1. The Hall–Kier alpha value is -3.07. The van der Waals surface area contributed by atoms with Crippen LogP contribution in [0.5, 0.6) is 0 Å². The summed E-state index contributed by atoms with van der Waals surface area (Å²) in [6.07, 6.45) is 0. The van der Waals surface area contributed by atoms with Crippen molar-refractivity contribution >= 4 is 50.7 Å². The largest absolute Gasteiger partial charge is 0.352 e. The van der Waals surface area contributed by atoms with Crippen LogP contribution in [0, 0.1) is 6.92 Å². The van der Waals surface area contributed by atoms with Crippen LogP contribution in [0.25, 0.3) is 0 Å². The van der Waals surface area contributed by atoms with Crippen LogP contribution in [0.2, 0.25) is 10.0 Å². The van der Waals surface area contributed by atoms with Gasteiger partial charge in [-0.15, -0.1) is 0 Å². The second kappa shape index (κ2) is 12.7. The van der Waals surface area contributed by atoms with Gasteiger partial charge in [0.05, 0.1) is 15.6 Å². The first-order chi connectivity index (χ1) is 17.9. The molecule has 3 aromatic rings. The number of nitrogens with one attached hydrogen (secondary N) is 1. The normalized spacial score (nSPS) is 12.2. The van der Waals surface area contributed by atoms with Crippen LogP contribution >= 0.6 is 23.2 Å². The fourth-order valence-corrected chi connectivity index (χ4v) is 5.89. The summed E-state index contributed by atoms with van der Waals surface area (Å²) in [4.78, 5) is 28.3. The van der Waals surface area contributed by atoms with E-state index in [1.807, 2.05) is 45.0 Å². The number of nitrogens with zero attached hydrogens (tertiary/aromatic N) is 2. The van der Waals surface area contributed by atoms with Gasteiger partial charge in [0.15, 0.2) is 0 Å². The molecular weight excluding hydrogens is 545 g/mol. The van der Waals surface area contributed by atoms with Crippen LogP contribution < -0.4 is 9.62 Å². The summed E-state index contributed by atoms with van der Waals surface area (Å²) in [6, 6.07) is 18.7. The minimum Gasteiger partial charge on any atom is -0.352 e. The van der Waals surface area contributed by atoms with Crippen molar-refractivity contribution in [1.29, 1.82) is 0 Å². The van der Waals surface area contributed by atoms with Crippen molar-refractivity contribution in [3.8, 4) is 0 Å². The Morgan fingerprint density at radius 2 is 1.55 bits per heavy atom. The number of halogens is 2. The smallest absolute Gasteiger partial charge is 0.264 e. The van der Waals surface area contributed by atoms with E-state index in [4.69, 9.17) is 23.2 Å². The third-order valence-corrected chi connectivity index (χ3v) is 8.30. The Bertz CT molecular complexity index is 1400. The molecule has 2 amide bonds. The molecule has 0 fully saturated rings. The Labute approximate surface area is 234 Å². The molecule has 10 heteroatoms. The summed E-state index contributed by atoms with van der Waals surface area (Å²) < 4.78 is 28.5. The minimum absolute atomic E-state index is 0.00475. The first kappa shape index (κ1) is 29.5. The van der Waals surface area contributed by atoms with E-state index < -0.39 is 28.5 Å². The number of benzene rings is 3. The molecule has 0 saturated heterocycles. The van der Waals surface area contributed by atoms with Crippen LogP contribution in [-0.4, -0.2) is 43.8 Å². The van der Waals surface area contributed by atoms with E-state index in [0.717, 1.165) is 15.4 Å². The van der Waals surface area contributed by atoms with Crippen molar-refractivity contribution in [2.45, 2.75) is 51.2 Å². The summed E-state index contributed by atoms with van der Waals surface area (Å²) >= 11 is 12.5. The van der Waals surface area contributed by atoms with E-state index in [1.165, 1.54) is 35.2 Å². The maximum absolute atomic E-state index is 13.9. The maximum atomic E-state index is 13.9. The molecule has 38 heavy (non-hydrogen) atoms. The summed E-state index contributed by atoms with van der Waals surface area (Å²) in [7, 11) is -4.21. The Morgan fingerprint density at radius 3 is 2.16 bits per heavy atom. The second-order valence-electron chi connectivity index (χ2n) is 9.21. The molecule has 3 rings (SSSR count). The van der Waals surface area contributed by atoms with Crippen molar-refractivity contribution in [1.82, 2.24) is 10.2 Å². The van der Waals surface area contributed by atoms with Crippen molar-refractivity contribution in [3.05, 3.63) is 94.0 Å². The zero-order valence-electron chi connectivity index (χ0n) is 21.7. The molecule has 1 N–H and O–H groups in total. The number of carbonyl (C=O) groups is 2. The number of amides is 2. The molecule has 0 unspecified atom stereocenters. The Kier molecular flexibility index (Phi) is 9.82. The average molecular weight is 577 g/mol. The van der Waals surface area contributed by atoms with Crippen molar-refractivity contribution < 1.29 is 18.0 Å². The first-order valence-electron chi connectivity index (χ1n) is 12.1. The van der Waals surface area contributed by atoms with Gasteiger partial charge in [-0.25, -0.2) is 8.42 Å². The Morgan fingerprint density at radius 1 is 0.921 bits per heavy atom. The van der Waals surface area contributed by atoms with Gasteiger partial charge in [-0.05, 0) is 69.2 Å².